The molecule has 18 heavy (non-hydrogen) atoms. The van der Waals surface area contributed by atoms with Gasteiger partial charge in [-0.05, 0) is 5.92 Å². The number of rotatable bonds is 4. The summed E-state index contributed by atoms with van der Waals surface area (Å²) in [6.07, 6.45) is 0.873. The Labute approximate surface area is 107 Å². The first kappa shape index (κ1) is 14.7. The van der Waals surface area contributed by atoms with E-state index in [1.807, 2.05) is 13.8 Å². The van der Waals surface area contributed by atoms with Crippen LogP contribution in [-0.4, -0.2) is 38.4 Å². The van der Waals surface area contributed by atoms with Gasteiger partial charge in [-0.15, -0.1) is 6.58 Å². The highest BCUT2D eigenvalue weighted by atomic mass is 16.6. The maximum absolute atomic E-state index is 12.1. The molecular formula is C13H20O5. The Morgan fingerprint density at radius 1 is 1.33 bits per heavy atom. The second-order valence-electron chi connectivity index (χ2n) is 4.73. The van der Waals surface area contributed by atoms with Crippen molar-refractivity contribution in [2.24, 2.45) is 11.3 Å². The molecule has 1 saturated heterocycles. The quantitative estimate of drug-likeness (QED) is 0.431. The zero-order valence-corrected chi connectivity index (χ0v) is 11.3. The monoisotopic (exact) mass is 256 g/mol. The van der Waals surface area contributed by atoms with E-state index >= 15 is 0 Å². The van der Waals surface area contributed by atoms with Crippen LogP contribution in [0.15, 0.2) is 12.7 Å². The largest absolute Gasteiger partial charge is 0.468 e. The number of hydrogen-bond donors (Lipinski definition) is 0. The average molecular weight is 256 g/mol. The lowest BCUT2D eigenvalue weighted by molar-refractivity contribution is -0.175. The van der Waals surface area contributed by atoms with Crippen molar-refractivity contribution in [2.45, 2.75) is 32.5 Å². The maximum atomic E-state index is 12.1. The molecule has 0 amide bonds. The lowest BCUT2D eigenvalue weighted by atomic mass is 9.75. The second-order valence-corrected chi connectivity index (χ2v) is 4.73. The van der Waals surface area contributed by atoms with Crippen molar-refractivity contribution < 1.29 is 23.8 Å². The van der Waals surface area contributed by atoms with Crippen molar-refractivity contribution in [1.82, 2.24) is 0 Å². The first-order valence-electron chi connectivity index (χ1n) is 5.88. The molecule has 0 N–H and O–H groups in total. The molecular weight excluding hydrogens is 236 g/mol. The van der Waals surface area contributed by atoms with Gasteiger partial charge in [0.2, 0.25) is 0 Å². The molecule has 0 saturated carbocycles. The Hall–Kier alpha value is -1.36. The predicted octanol–water partition coefficient (Wildman–Crippen LogP) is 1.32. The molecule has 2 atom stereocenters. The van der Waals surface area contributed by atoms with Gasteiger partial charge >= 0.3 is 11.9 Å². The zero-order valence-electron chi connectivity index (χ0n) is 11.3. The molecule has 102 valence electrons. The number of carbonyl (C=O) groups excluding carboxylic acids is 2. The van der Waals surface area contributed by atoms with E-state index in [1.165, 1.54) is 14.2 Å². The van der Waals surface area contributed by atoms with Crippen molar-refractivity contribution in [3.63, 3.8) is 0 Å². The topological polar surface area (TPSA) is 61.8 Å². The third-order valence-corrected chi connectivity index (χ3v) is 3.30. The van der Waals surface area contributed by atoms with E-state index in [2.05, 4.69) is 6.58 Å². The molecule has 0 aromatic carbocycles. The van der Waals surface area contributed by atoms with E-state index in [1.54, 1.807) is 6.08 Å². The SMILES string of the molecule is C=C[C@H]1CC(C(=O)OC)(C(=O)OC)[C@@H](C(C)C)O1. The molecule has 0 spiro atoms. The molecule has 0 aliphatic carbocycles. The van der Waals surface area contributed by atoms with E-state index in [0.717, 1.165) is 0 Å². The molecule has 0 aromatic heterocycles. The molecule has 0 bridgehead atoms. The van der Waals surface area contributed by atoms with Crippen LogP contribution >= 0.6 is 0 Å². The van der Waals surface area contributed by atoms with Gasteiger partial charge < -0.3 is 14.2 Å². The summed E-state index contributed by atoms with van der Waals surface area (Å²) in [5.74, 6) is -1.25. The minimum absolute atomic E-state index is 0.0202. The van der Waals surface area contributed by atoms with Crippen molar-refractivity contribution in [3.05, 3.63) is 12.7 Å². The maximum Gasteiger partial charge on any atom is 0.326 e. The van der Waals surface area contributed by atoms with E-state index in [4.69, 9.17) is 14.2 Å². The summed E-state index contributed by atoms with van der Waals surface area (Å²) in [5, 5.41) is 0. The number of hydrogen-bond acceptors (Lipinski definition) is 5. The minimum atomic E-state index is -1.39. The molecule has 1 heterocycles. The number of ether oxygens (including phenoxy) is 3. The average Bonchev–Trinajstić information content (AvgIpc) is 2.77. The van der Waals surface area contributed by atoms with Crippen LogP contribution in [0.25, 0.3) is 0 Å². The standard InChI is InChI=1S/C13H20O5/c1-6-9-7-13(11(14)16-4,12(15)17-5)10(18-9)8(2)3/h6,8-10H,1,7H2,2-5H3/t9-,10+/m0/s1. The zero-order chi connectivity index (χ0) is 13.9. The molecule has 1 aliphatic heterocycles. The predicted molar refractivity (Wildman–Crippen MR) is 64.8 cm³/mol. The lowest BCUT2D eigenvalue weighted by Crippen LogP contribution is -2.49. The fraction of sp³-hybridized carbons (Fsp3) is 0.692. The summed E-state index contributed by atoms with van der Waals surface area (Å²) in [4.78, 5) is 24.2. The fourth-order valence-corrected chi connectivity index (χ4v) is 2.50. The summed E-state index contributed by atoms with van der Waals surface area (Å²) >= 11 is 0. The van der Waals surface area contributed by atoms with Crippen LogP contribution in [0.4, 0.5) is 0 Å². The minimum Gasteiger partial charge on any atom is -0.468 e. The Balaban J connectivity index is 3.25. The third-order valence-electron chi connectivity index (χ3n) is 3.30. The smallest absolute Gasteiger partial charge is 0.326 e. The summed E-state index contributed by atoms with van der Waals surface area (Å²) in [7, 11) is 2.51. The Kier molecular flexibility index (Phi) is 4.51. The van der Waals surface area contributed by atoms with Crippen molar-refractivity contribution in [2.75, 3.05) is 14.2 Å². The Bertz CT molecular complexity index is 331. The van der Waals surface area contributed by atoms with Gasteiger partial charge in [-0.2, -0.15) is 0 Å². The molecule has 1 aliphatic rings. The van der Waals surface area contributed by atoms with Crippen LogP contribution < -0.4 is 0 Å². The summed E-state index contributed by atoms with van der Waals surface area (Å²) in [6, 6.07) is 0. The number of esters is 2. The van der Waals surface area contributed by atoms with Gasteiger partial charge in [-0.1, -0.05) is 19.9 Å². The Morgan fingerprint density at radius 2 is 1.83 bits per heavy atom. The van der Waals surface area contributed by atoms with Crippen LogP contribution in [0.1, 0.15) is 20.3 Å². The molecule has 0 unspecified atom stereocenters. The van der Waals surface area contributed by atoms with Crippen LogP contribution in [-0.2, 0) is 23.8 Å². The summed E-state index contributed by atoms with van der Waals surface area (Å²) < 4.78 is 15.3. The molecule has 5 nitrogen and oxygen atoms in total. The van der Waals surface area contributed by atoms with E-state index in [0.29, 0.717) is 0 Å². The van der Waals surface area contributed by atoms with Crippen LogP contribution in [0.5, 0.6) is 0 Å². The van der Waals surface area contributed by atoms with Crippen molar-refractivity contribution in [3.8, 4) is 0 Å². The van der Waals surface area contributed by atoms with Gasteiger partial charge in [0.15, 0.2) is 5.41 Å². The molecule has 1 rings (SSSR count). The van der Waals surface area contributed by atoms with Gasteiger partial charge in [-0.3, -0.25) is 9.59 Å². The summed E-state index contributed by atoms with van der Waals surface area (Å²) in [6.45, 7) is 7.41. The van der Waals surface area contributed by atoms with E-state index in [-0.39, 0.29) is 18.4 Å². The highest BCUT2D eigenvalue weighted by Gasteiger charge is 2.61. The van der Waals surface area contributed by atoms with Gasteiger partial charge in [0.1, 0.15) is 0 Å². The van der Waals surface area contributed by atoms with E-state index in [9.17, 15) is 9.59 Å². The van der Waals surface area contributed by atoms with Gasteiger partial charge in [0.25, 0.3) is 0 Å². The van der Waals surface area contributed by atoms with Crippen molar-refractivity contribution >= 4 is 11.9 Å². The molecule has 1 fully saturated rings. The highest BCUT2D eigenvalue weighted by Crippen LogP contribution is 2.44. The molecule has 5 heteroatoms. The first-order valence-corrected chi connectivity index (χ1v) is 5.88. The number of methoxy groups -OCH3 is 2. The van der Waals surface area contributed by atoms with E-state index < -0.39 is 23.5 Å². The normalized spacial score (nSPS) is 25.8. The number of carbonyl (C=O) groups is 2. The van der Waals surface area contributed by atoms with Gasteiger partial charge in [-0.25, -0.2) is 0 Å². The fourth-order valence-electron chi connectivity index (χ4n) is 2.50. The molecule has 0 aromatic rings. The van der Waals surface area contributed by atoms with Crippen LogP contribution in [0.3, 0.4) is 0 Å². The van der Waals surface area contributed by atoms with Gasteiger partial charge in [0.05, 0.1) is 26.4 Å². The highest BCUT2D eigenvalue weighted by molar-refractivity contribution is 6.01. The third kappa shape index (κ3) is 2.14. The second kappa shape index (κ2) is 5.52. The lowest BCUT2D eigenvalue weighted by Gasteiger charge is -2.30. The molecule has 0 radical (unpaired) electrons. The first-order chi connectivity index (χ1) is 8.43. The summed E-state index contributed by atoms with van der Waals surface area (Å²) in [5.41, 5.74) is -1.39. The Morgan fingerprint density at radius 3 is 2.17 bits per heavy atom. The van der Waals surface area contributed by atoms with Gasteiger partial charge in [0, 0.05) is 6.42 Å². The van der Waals surface area contributed by atoms with Crippen LogP contribution in [0, 0.1) is 11.3 Å². The van der Waals surface area contributed by atoms with Crippen molar-refractivity contribution in [1.29, 1.82) is 0 Å². The van der Waals surface area contributed by atoms with Crippen LogP contribution in [0.2, 0.25) is 0 Å².